The molecule has 0 aliphatic carbocycles. The Bertz CT molecular complexity index is 1030. The van der Waals surface area contributed by atoms with E-state index in [9.17, 15) is 9.18 Å². The van der Waals surface area contributed by atoms with Crippen LogP contribution in [-0.4, -0.2) is 71.1 Å². The number of anilines is 1. The Morgan fingerprint density at radius 1 is 1.24 bits per heavy atom. The van der Waals surface area contributed by atoms with Gasteiger partial charge in [-0.15, -0.1) is 0 Å². The molecule has 0 spiro atoms. The van der Waals surface area contributed by atoms with Gasteiger partial charge in [0.25, 0.3) is 0 Å². The van der Waals surface area contributed by atoms with Gasteiger partial charge < -0.3 is 19.9 Å². The van der Waals surface area contributed by atoms with E-state index in [0.29, 0.717) is 18.5 Å². The van der Waals surface area contributed by atoms with Crippen molar-refractivity contribution >= 4 is 11.9 Å². The van der Waals surface area contributed by atoms with E-state index >= 15 is 0 Å². The molecule has 1 amide bonds. The van der Waals surface area contributed by atoms with Crippen LogP contribution in [0.15, 0.2) is 30.5 Å². The third-order valence-corrected chi connectivity index (χ3v) is 7.57. The van der Waals surface area contributed by atoms with E-state index in [0.717, 1.165) is 68.8 Å². The van der Waals surface area contributed by atoms with Gasteiger partial charge in [-0.05, 0) is 69.5 Å². The van der Waals surface area contributed by atoms with Crippen molar-refractivity contribution in [2.75, 3.05) is 38.7 Å². The Kier molecular flexibility index (Phi) is 6.79. The summed E-state index contributed by atoms with van der Waals surface area (Å²) in [5.41, 5.74) is 2.94. The third kappa shape index (κ3) is 4.93. The van der Waals surface area contributed by atoms with Crippen LogP contribution in [0, 0.1) is 11.7 Å². The van der Waals surface area contributed by atoms with E-state index in [2.05, 4.69) is 29.2 Å². The molecule has 4 heterocycles. The summed E-state index contributed by atoms with van der Waals surface area (Å²) in [6, 6.07) is 7.13. The summed E-state index contributed by atoms with van der Waals surface area (Å²) in [6.07, 6.45) is 5.32. The fourth-order valence-corrected chi connectivity index (χ4v) is 5.58. The minimum Gasteiger partial charge on any atom is -0.381 e. The first kappa shape index (κ1) is 23.2. The number of piperidine rings is 1. The van der Waals surface area contributed by atoms with Gasteiger partial charge in [-0.25, -0.2) is 14.4 Å². The lowest BCUT2D eigenvalue weighted by Crippen LogP contribution is -2.50. The normalized spacial score (nSPS) is 26.2. The molecule has 2 aromatic rings. The van der Waals surface area contributed by atoms with E-state index in [-0.39, 0.29) is 29.6 Å². The summed E-state index contributed by atoms with van der Waals surface area (Å²) in [5.74, 6) is 0.344. The maximum atomic E-state index is 14.0. The van der Waals surface area contributed by atoms with Gasteiger partial charge >= 0.3 is 0 Å². The molecule has 8 heteroatoms. The van der Waals surface area contributed by atoms with Gasteiger partial charge in [-0.3, -0.25) is 4.79 Å². The number of ether oxygens (including phenoxy) is 1. The van der Waals surface area contributed by atoms with E-state index in [4.69, 9.17) is 9.72 Å². The molecule has 0 saturated carbocycles. The summed E-state index contributed by atoms with van der Waals surface area (Å²) < 4.78 is 19.4. The highest BCUT2D eigenvalue weighted by atomic mass is 19.1. The van der Waals surface area contributed by atoms with Crippen molar-refractivity contribution in [2.45, 2.75) is 57.2 Å². The number of carbonyl (C=O) groups excluding carboxylic acids is 1. The number of aromatic nitrogens is 2. The molecule has 2 fully saturated rings. The molecule has 1 aromatic carbocycles. The SMILES string of the molecule is C[C@@H]1Cc2cnc(NC3CCOCC3)nc2CN1C(=O)[C@H]1CCN(C)C[C@@H]1c1cccc(F)c1. The number of rotatable bonds is 4. The van der Waals surface area contributed by atoms with Crippen LogP contribution < -0.4 is 5.32 Å². The van der Waals surface area contributed by atoms with Gasteiger partial charge in [0.05, 0.1) is 12.2 Å². The fourth-order valence-electron chi connectivity index (χ4n) is 5.58. The van der Waals surface area contributed by atoms with Crippen LogP contribution in [0.3, 0.4) is 0 Å². The van der Waals surface area contributed by atoms with E-state index in [1.807, 2.05) is 17.2 Å². The van der Waals surface area contributed by atoms with Crippen LogP contribution in [0.5, 0.6) is 0 Å². The Morgan fingerprint density at radius 3 is 2.85 bits per heavy atom. The van der Waals surface area contributed by atoms with Crippen molar-refractivity contribution in [3.05, 3.63) is 53.1 Å². The summed E-state index contributed by atoms with van der Waals surface area (Å²) in [7, 11) is 2.07. The maximum Gasteiger partial charge on any atom is 0.227 e. The van der Waals surface area contributed by atoms with Crippen LogP contribution in [0.4, 0.5) is 10.3 Å². The standard InChI is InChI=1S/C26H34FN5O2/c1-17-12-19-14-28-26(29-21-7-10-34-11-8-21)30-24(19)16-32(17)25(33)22-6-9-31(2)15-23(22)18-4-3-5-20(27)13-18/h3-5,13-14,17,21-23H,6-12,15-16H2,1-2H3,(H,28,29,30)/t17-,22+,23-/m1/s1. The van der Waals surface area contributed by atoms with Crippen molar-refractivity contribution < 1.29 is 13.9 Å². The lowest BCUT2D eigenvalue weighted by atomic mass is 9.79. The zero-order chi connectivity index (χ0) is 23.7. The third-order valence-electron chi connectivity index (χ3n) is 7.57. The lowest BCUT2D eigenvalue weighted by Gasteiger charge is -2.42. The average molecular weight is 468 g/mol. The largest absolute Gasteiger partial charge is 0.381 e. The second-order valence-electron chi connectivity index (χ2n) is 10.0. The number of carbonyl (C=O) groups is 1. The van der Waals surface area contributed by atoms with Crippen LogP contribution >= 0.6 is 0 Å². The van der Waals surface area contributed by atoms with Crippen molar-refractivity contribution in [2.24, 2.45) is 5.92 Å². The Morgan fingerprint density at radius 2 is 2.06 bits per heavy atom. The topological polar surface area (TPSA) is 70.6 Å². The number of halogens is 1. The van der Waals surface area contributed by atoms with Gasteiger partial charge in [-0.2, -0.15) is 0 Å². The summed E-state index contributed by atoms with van der Waals surface area (Å²) in [6.45, 7) is 5.71. The second-order valence-corrected chi connectivity index (χ2v) is 10.0. The van der Waals surface area contributed by atoms with Gasteiger partial charge in [0, 0.05) is 49.9 Å². The molecule has 7 nitrogen and oxygen atoms in total. The molecule has 3 aliphatic heterocycles. The monoisotopic (exact) mass is 467 g/mol. The lowest BCUT2D eigenvalue weighted by molar-refractivity contribution is -0.141. The van der Waals surface area contributed by atoms with E-state index < -0.39 is 0 Å². The first-order valence-corrected chi connectivity index (χ1v) is 12.4. The molecule has 34 heavy (non-hydrogen) atoms. The molecule has 3 aliphatic rings. The number of benzene rings is 1. The molecule has 3 atom stereocenters. The molecular weight excluding hydrogens is 433 g/mol. The van der Waals surface area contributed by atoms with Crippen LogP contribution in [0.25, 0.3) is 0 Å². The molecule has 2 saturated heterocycles. The predicted octanol–water partition coefficient (Wildman–Crippen LogP) is 3.22. The highest BCUT2D eigenvalue weighted by Crippen LogP contribution is 2.35. The number of nitrogens with one attached hydrogen (secondary N) is 1. The van der Waals surface area contributed by atoms with Gasteiger partial charge in [0.1, 0.15) is 5.82 Å². The van der Waals surface area contributed by atoms with Crippen molar-refractivity contribution in [1.29, 1.82) is 0 Å². The minimum absolute atomic E-state index is 0.0216. The van der Waals surface area contributed by atoms with E-state index in [1.54, 1.807) is 12.1 Å². The number of hydrogen-bond donors (Lipinski definition) is 1. The first-order chi connectivity index (χ1) is 16.5. The average Bonchev–Trinajstić information content (AvgIpc) is 2.84. The molecule has 0 bridgehead atoms. The van der Waals surface area contributed by atoms with Gasteiger partial charge in [-0.1, -0.05) is 12.1 Å². The highest BCUT2D eigenvalue weighted by molar-refractivity contribution is 5.80. The molecule has 1 aromatic heterocycles. The Labute approximate surface area is 200 Å². The smallest absolute Gasteiger partial charge is 0.227 e. The number of likely N-dealkylation sites (tertiary alicyclic amines) is 1. The van der Waals surface area contributed by atoms with Gasteiger partial charge in [0.15, 0.2) is 0 Å². The Hall–Kier alpha value is -2.58. The number of likely N-dealkylation sites (N-methyl/N-ethyl adjacent to an activating group) is 1. The predicted molar refractivity (Wildman–Crippen MR) is 128 cm³/mol. The summed E-state index contributed by atoms with van der Waals surface area (Å²) in [5, 5.41) is 3.44. The zero-order valence-corrected chi connectivity index (χ0v) is 20.0. The number of hydrogen-bond acceptors (Lipinski definition) is 6. The number of fused-ring (bicyclic) bond motifs is 1. The van der Waals surface area contributed by atoms with Crippen LogP contribution in [0.1, 0.15) is 48.9 Å². The van der Waals surface area contributed by atoms with Crippen molar-refractivity contribution in [3.8, 4) is 0 Å². The molecule has 0 unspecified atom stereocenters. The molecule has 1 N–H and O–H groups in total. The molecule has 182 valence electrons. The van der Waals surface area contributed by atoms with Gasteiger partial charge in [0.2, 0.25) is 11.9 Å². The van der Waals surface area contributed by atoms with Crippen LogP contribution in [0.2, 0.25) is 0 Å². The van der Waals surface area contributed by atoms with E-state index in [1.165, 1.54) is 6.07 Å². The second kappa shape index (κ2) is 9.96. The zero-order valence-electron chi connectivity index (χ0n) is 20.0. The number of amides is 1. The molecular formula is C26H34FN5O2. The summed E-state index contributed by atoms with van der Waals surface area (Å²) >= 11 is 0. The molecule has 0 radical (unpaired) electrons. The summed E-state index contributed by atoms with van der Waals surface area (Å²) in [4.78, 5) is 27.5. The quantitative estimate of drug-likeness (QED) is 0.745. The number of nitrogens with zero attached hydrogens (tertiary/aromatic N) is 4. The highest BCUT2D eigenvalue weighted by Gasteiger charge is 2.39. The molecule has 5 rings (SSSR count). The fraction of sp³-hybridized carbons (Fsp3) is 0.577. The minimum atomic E-state index is -0.251. The first-order valence-electron chi connectivity index (χ1n) is 12.4. The van der Waals surface area contributed by atoms with Crippen molar-refractivity contribution in [1.82, 2.24) is 19.8 Å². The van der Waals surface area contributed by atoms with Crippen molar-refractivity contribution in [3.63, 3.8) is 0 Å². The van der Waals surface area contributed by atoms with Crippen LogP contribution in [-0.2, 0) is 22.5 Å². The maximum absolute atomic E-state index is 14.0. The Balaban J connectivity index is 1.35.